The minimum atomic E-state index is -0.392. The molecule has 1 aliphatic heterocycles. The summed E-state index contributed by atoms with van der Waals surface area (Å²) >= 11 is 6.37. The van der Waals surface area contributed by atoms with E-state index < -0.39 is 5.60 Å². The average molecular weight is 431 g/mol. The van der Waals surface area contributed by atoms with Gasteiger partial charge in [-0.25, -0.2) is 4.98 Å². The number of benzene rings is 1. The molecule has 0 amide bonds. The van der Waals surface area contributed by atoms with Gasteiger partial charge in [0.25, 0.3) is 0 Å². The van der Waals surface area contributed by atoms with Crippen LogP contribution in [0.2, 0.25) is 5.02 Å². The molecule has 2 heterocycles. The second kappa shape index (κ2) is 9.23. The zero-order valence-corrected chi connectivity index (χ0v) is 19.2. The molecule has 1 fully saturated rings. The van der Waals surface area contributed by atoms with Crippen molar-refractivity contribution in [3.8, 4) is 17.0 Å². The molecule has 1 aromatic carbocycles. The van der Waals surface area contributed by atoms with E-state index in [-0.39, 0.29) is 6.04 Å². The summed E-state index contributed by atoms with van der Waals surface area (Å²) in [5.74, 6) is 0.503. The van der Waals surface area contributed by atoms with Crippen LogP contribution in [0.25, 0.3) is 11.1 Å². The van der Waals surface area contributed by atoms with E-state index in [2.05, 4.69) is 21.1 Å². The maximum Gasteiger partial charge on any atom is 0.224 e. The number of oxime groups is 1. The van der Waals surface area contributed by atoms with Crippen molar-refractivity contribution >= 4 is 23.5 Å². The van der Waals surface area contributed by atoms with Crippen LogP contribution in [0.4, 0.5) is 5.69 Å². The van der Waals surface area contributed by atoms with Gasteiger partial charge >= 0.3 is 0 Å². The number of hydrogen-bond donors (Lipinski definition) is 1. The summed E-state index contributed by atoms with van der Waals surface area (Å²) in [5.41, 5.74) is 10.6. The van der Waals surface area contributed by atoms with Crippen molar-refractivity contribution in [2.24, 2.45) is 10.9 Å². The predicted octanol–water partition coefficient (Wildman–Crippen LogP) is 4.80. The van der Waals surface area contributed by atoms with Crippen molar-refractivity contribution in [2.45, 2.75) is 52.2 Å². The maximum atomic E-state index is 6.37. The van der Waals surface area contributed by atoms with Crippen LogP contribution in [0, 0.1) is 6.92 Å². The number of methoxy groups -OCH3 is 1. The van der Waals surface area contributed by atoms with E-state index in [4.69, 9.17) is 26.9 Å². The summed E-state index contributed by atoms with van der Waals surface area (Å²) < 4.78 is 5.58. The highest BCUT2D eigenvalue weighted by Gasteiger charge is 2.25. The van der Waals surface area contributed by atoms with E-state index in [1.165, 1.54) is 0 Å². The first-order chi connectivity index (χ1) is 14.2. The molecule has 2 N–H and O–H groups in total. The van der Waals surface area contributed by atoms with E-state index >= 15 is 0 Å². The standard InChI is InChI=1S/C23H31ClN4O2/c1-15-10-16(12-17(24)11-15)19-13-26-22(29-5)20(14-27-30-23(2,3)4)21(19)28-8-6-18(25)7-9-28/h10-14,18H,6-9,25H2,1-5H3/b27-14+. The Labute approximate surface area is 184 Å². The summed E-state index contributed by atoms with van der Waals surface area (Å²) in [6, 6.07) is 6.25. The van der Waals surface area contributed by atoms with Gasteiger partial charge in [0.2, 0.25) is 5.88 Å². The normalized spacial score (nSPS) is 15.6. The molecule has 0 radical (unpaired) electrons. The first-order valence-corrected chi connectivity index (χ1v) is 10.6. The van der Waals surface area contributed by atoms with Crippen molar-refractivity contribution < 1.29 is 9.57 Å². The molecule has 30 heavy (non-hydrogen) atoms. The highest BCUT2D eigenvalue weighted by Crippen LogP contribution is 2.39. The number of aromatic nitrogens is 1. The predicted molar refractivity (Wildman–Crippen MR) is 124 cm³/mol. The second-order valence-electron chi connectivity index (χ2n) is 8.72. The number of anilines is 1. The topological polar surface area (TPSA) is 73.0 Å². The zero-order chi connectivity index (χ0) is 21.9. The van der Waals surface area contributed by atoms with Gasteiger partial charge < -0.3 is 20.2 Å². The van der Waals surface area contributed by atoms with Gasteiger partial charge in [0.15, 0.2) is 0 Å². The van der Waals surface area contributed by atoms with Crippen molar-refractivity contribution in [1.29, 1.82) is 0 Å². The van der Waals surface area contributed by atoms with E-state index in [0.29, 0.717) is 10.9 Å². The average Bonchev–Trinajstić information content (AvgIpc) is 2.66. The van der Waals surface area contributed by atoms with Crippen LogP contribution >= 0.6 is 11.6 Å². The van der Waals surface area contributed by atoms with Crippen molar-refractivity contribution in [3.63, 3.8) is 0 Å². The Morgan fingerprint density at radius 2 is 1.93 bits per heavy atom. The number of halogens is 1. The molecule has 3 rings (SSSR count). The third-order valence-corrected chi connectivity index (χ3v) is 5.18. The number of nitrogens with zero attached hydrogens (tertiary/aromatic N) is 3. The molecule has 1 saturated heterocycles. The molecule has 0 spiro atoms. The Morgan fingerprint density at radius 1 is 1.23 bits per heavy atom. The van der Waals surface area contributed by atoms with Gasteiger partial charge in [-0.15, -0.1) is 0 Å². The van der Waals surface area contributed by atoms with Gasteiger partial charge in [-0.3, -0.25) is 0 Å². The van der Waals surface area contributed by atoms with Gasteiger partial charge in [0.05, 0.1) is 24.6 Å². The van der Waals surface area contributed by atoms with Gasteiger partial charge in [-0.05, 0) is 63.8 Å². The number of ether oxygens (including phenoxy) is 1. The highest BCUT2D eigenvalue weighted by molar-refractivity contribution is 6.31. The fourth-order valence-corrected chi connectivity index (χ4v) is 3.87. The zero-order valence-electron chi connectivity index (χ0n) is 18.4. The van der Waals surface area contributed by atoms with E-state index in [1.54, 1.807) is 13.3 Å². The van der Waals surface area contributed by atoms with Crippen molar-refractivity contribution in [1.82, 2.24) is 4.98 Å². The Balaban J connectivity index is 2.17. The summed E-state index contributed by atoms with van der Waals surface area (Å²) in [7, 11) is 1.61. The number of rotatable bonds is 5. The third-order valence-electron chi connectivity index (χ3n) is 4.96. The Hall–Kier alpha value is -2.31. The monoisotopic (exact) mass is 430 g/mol. The van der Waals surface area contributed by atoms with E-state index in [9.17, 15) is 0 Å². The molecule has 7 heteroatoms. The SMILES string of the molecule is COc1ncc(-c2cc(C)cc(Cl)c2)c(N2CCC(N)CC2)c1/C=N/OC(C)(C)C. The lowest BCUT2D eigenvalue weighted by atomic mass is 9.97. The molecule has 1 aliphatic rings. The molecular formula is C23H31ClN4O2. The lowest BCUT2D eigenvalue weighted by molar-refractivity contribution is 0.00197. The van der Waals surface area contributed by atoms with Gasteiger partial charge in [0, 0.05) is 35.9 Å². The van der Waals surface area contributed by atoms with E-state index in [1.807, 2.05) is 46.0 Å². The smallest absolute Gasteiger partial charge is 0.224 e. The largest absolute Gasteiger partial charge is 0.480 e. The molecule has 0 aliphatic carbocycles. The van der Waals surface area contributed by atoms with Gasteiger partial charge in [0.1, 0.15) is 5.60 Å². The Morgan fingerprint density at radius 3 is 2.53 bits per heavy atom. The first kappa shape index (κ1) is 22.4. The fourth-order valence-electron chi connectivity index (χ4n) is 3.58. The number of nitrogens with two attached hydrogens (primary N) is 1. The molecule has 0 unspecified atom stereocenters. The maximum absolute atomic E-state index is 6.37. The molecule has 2 aromatic rings. The Bertz CT molecular complexity index is 896. The van der Waals surface area contributed by atoms with E-state index in [0.717, 1.165) is 53.9 Å². The minimum absolute atomic E-state index is 0.225. The minimum Gasteiger partial charge on any atom is -0.480 e. The molecule has 0 bridgehead atoms. The molecule has 1 aromatic heterocycles. The summed E-state index contributed by atoms with van der Waals surface area (Å²) in [6.45, 7) is 9.60. The number of piperidine rings is 1. The molecular weight excluding hydrogens is 400 g/mol. The molecule has 0 saturated carbocycles. The van der Waals surface area contributed by atoms with Crippen LogP contribution in [0.5, 0.6) is 5.88 Å². The summed E-state index contributed by atoms with van der Waals surface area (Å²) in [4.78, 5) is 12.5. The van der Waals surface area contributed by atoms with Crippen molar-refractivity contribution in [2.75, 3.05) is 25.1 Å². The van der Waals surface area contributed by atoms with Crippen LogP contribution in [0.3, 0.4) is 0 Å². The lowest BCUT2D eigenvalue weighted by Crippen LogP contribution is -2.40. The molecule has 162 valence electrons. The summed E-state index contributed by atoms with van der Waals surface area (Å²) in [5, 5.41) is 4.93. The van der Waals surface area contributed by atoms with Crippen LogP contribution in [0.15, 0.2) is 29.6 Å². The fraction of sp³-hybridized carbons (Fsp3) is 0.478. The first-order valence-electron chi connectivity index (χ1n) is 10.2. The summed E-state index contributed by atoms with van der Waals surface area (Å²) in [6.07, 6.45) is 5.39. The van der Waals surface area contributed by atoms with Crippen LogP contribution in [-0.4, -0.2) is 43.0 Å². The molecule has 6 nitrogen and oxygen atoms in total. The second-order valence-corrected chi connectivity index (χ2v) is 9.16. The highest BCUT2D eigenvalue weighted by atomic mass is 35.5. The van der Waals surface area contributed by atoms with Crippen LogP contribution in [0.1, 0.15) is 44.7 Å². The molecule has 0 atom stereocenters. The lowest BCUT2D eigenvalue weighted by Gasteiger charge is -2.34. The van der Waals surface area contributed by atoms with Crippen molar-refractivity contribution in [3.05, 3.63) is 40.5 Å². The Kier molecular flexibility index (Phi) is 6.88. The van der Waals surface area contributed by atoms with Gasteiger partial charge in [-0.1, -0.05) is 22.8 Å². The third kappa shape index (κ3) is 5.43. The quantitative estimate of drug-likeness (QED) is 0.545. The number of aryl methyl sites for hydroxylation is 1. The van der Waals surface area contributed by atoms with Crippen LogP contribution in [-0.2, 0) is 4.84 Å². The number of hydrogen-bond acceptors (Lipinski definition) is 6. The van der Waals surface area contributed by atoms with Gasteiger partial charge in [-0.2, -0.15) is 0 Å². The van der Waals surface area contributed by atoms with Crippen LogP contribution < -0.4 is 15.4 Å². The number of pyridine rings is 1.